The first kappa shape index (κ1) is 21.7. The van der Waals surface area contributed by atoms with Gasteiger partial charge in [-0.05, 0) is 66.2 Å². The summed E-state index contributed by atoms with van der Waals surface area (Å²) >= 11 is 0. The Morgan fingerprint density at radius 3 is 2.38 bits per heavy atom. The maximum Gasteiger partial charge on any atom is 0.230 e. The number of oxime groups is 1. The molecule has 1 aliphatic heterocycles. The van der Waals surface area contributed by atoms with Gasteiger partial charge >= 0.3 is 0 Å². The minimum Gasteiger partial charge on any atom is -0.438 e. The molecular formula is C27H25FN4O2. The van der Waals surface area contributed by atoms with E-state index in [9.17, 15) is 9.60 Å². The molecule has 7 heteroatoms. The van der Waals surface area contributed by atoms with Crippen molar-refractivity contribution in [3.05, 3.63) is 95.9 Å². The first-order valence-electron chi connectivity index (χ1n) is 11.2. The van der Waals surface area contributed by atoms with Crippen LogP contribution in [0.1, 0.15) is 11.3 Å². The Bertz CT molecular complexity index is 1330. The van der Waals surface area contributed by atoms with Gasteiger partial charge in [-0.15, -0.1) is 0 Å². The number of fused-ring (bicyclic) bond motifs is 1. The van der Waals surface area contributed by atoms with Gasteiger partial charge in [0, 0.05) is 37.6 Å². The second-order valence-electron chi connectivity index (χ2n) is 8.29. The number of hydrogen-bond acceptors (Lipinski definition) is 5. The third kappa shape index (κ3) is 4.50. The Labute approximate surface area is 197 Å². The zero-order valence-corrected chi connectivity index (χ0v) is 18.9. The van der Waals surface area contributed by atoms with Crippen LogP contribution in [0.2, 0.25) is 0 Å². The summed E-state index contributed by atoms with van der Waals surface area (Å²) in [6, 6.07) is 24.2. The summed E-state index contributed by atoms with van der Waals surface area (Å²) in [5, 5.41) is 15.8. The number of piperazine rings is 1. The first-order valence-corrected chi connectivity index (χ1v) is 11.2. The lowest BCUT2D eigenvalue weighted by atomic mass is 10.1. The molecule has 0 atom stereocenters. The second kappa shape index (κ2) is 9.39. The molecule has 1 aliphatic rings. The standard InChI is InChI=1S/C27H25FN4O2/c1-19-6-13-25(27(29-19)34-24-12-7-20-4-2-3-5-21(20)18-24)26(30-33)32-16-14-31(15-17-32)23-10-8-22(28)9-11-23/h2-13,18,33H,14-17H2,1H3/b30-26-. The number of benzene rings is 3. The minimum atomic E-state index is -0.247. The molecule has 0 bridgehead atoms. The molecule has 6 nitrogen and oxygen atoms in total. The molecule has 0 radical (unpaired) electrons. The number of amidine groups is 1. The van der Waals surface area contributed by atoms with Crippen LogP contribution in [0.4, 0.5) is 10.1 Å². The molecular weight excluding hydrogens is 431 g/mol. The summed E-state index contributed by atoms with van der Waals surface area (Å²) in [5.41, 5.74) is 2.40. The lowest BCUT2D eigenvalue weighted by Gasteiger charge is -2.37. The highest BCUT2D eigenvalue weighted by molar-refractivity contribution is 6.00. The summed E-state index contributed by atoms with van der Waals surface area (Å²) in [6.07, 6.45) is 0. The van der Waals surface area contributed by atoms with E-state index in [2.05, 4.69) is 21.1 Å². The second-order valence-corrected chi connectivity index (χ2v) is 8.29. The molecule has 1 aromatic heterocycles. The Morgan fingerprint density at radius 1 is 0.912 bits per heavy atom. The average molecular weight is 457 g/mol. The lowest BCUT2D eigenvalue weighted by molar-refractivity contribution is 0.295. The molecule has 1 N–H and O–H groups in total. The van der Waals surface area contributed by atoms with Crippen LogP contribution in [0.5, 0.6) is 11.6 Å². The largest absolute Gasteiger partial charge is 0.438 e. The number of ether oxygens (including phenoxy) is 1. The van der Waals surface area contributed by atoms with Gasteiger partial charge in [0.15, 0.2) is 5.84 Å². The molecule has 34 heavy (non-hydrogen) atoms. The Balaban J connectivity index is 1.37. The van der Waals surface area contributed by atoms with Gasteiger partial charge in [-0.3, -0.25) is 0 Å². The van der Waals surface area contributed by atoms with Gasteiger partial charge in [0.1, 0.15) is 11.6 Å². The number of nitrogens with zero attached hydrogens (tertiary/aromatic N) is 4. The first-order chi connectivity index (χ1) is 16.6. The molecule has 2 heterocycles. The maximum absolute atomic E-state index is 13.3. The zero-order chi connectivity index (χ0) is 23.5. The van der Waals surface area contributed by atoms with Gasteiger partial charge in [-0.2, -0.15) is 0 Å². The number of halogens is 1. The van der Waals surface area contributed by atoms with E-state index in [0.29, 0.717) is 49.2 Å². The van der Waals surface area contributed by atoms with E-state index in [1.807, 2.05) is 60.4 Å². The van der Waals surface area contributed by atoms with Crippen molar-refractivity contribution >= 4 is 22.3 Å². The van der Waals surface area contributed by atoms with Crippen LogP contribution in [-0.2, 0) is 0 Å². The molecule has 1 fully saturated rings. The van der Waals surface area contributed by atoms with Crippen LogP contribution >= 0.6 is 0 Å². The van der Waals surface area contributed by atoms with Gasteiger partial charge in [0.25, 0.3) is 0 Å². The monoisotopic (exact) mass is 456 g/mol. The van der Waals surface area contributed by atoms with Crippen LogP contribution in [-0.4, -0.2) is 47.1 Å². The number of aryl methyl sites for hydroxylation is 1. The van der Waals surface area contributed by atoms with E-state index in [0.717, 1.165) is 22.2 Å². The van der Waals surface area contributed by atoms with Crippen molar-refractivity contribution < 1.29 is 14.3 Å². The van der Waals surface area contributed by atoms with Crippen LogP contribution in [0.15, 0.2) is 84.0 Å². The summed E-state index contributed by atoms with van der Waals surface area (Å²) in [6.45, 7) is 4.60. The molecule has 0 saturated carbocycles. The molecule has 4 aromatic rings. The fraction of sp³-hybridized carbons (Fsp3) is 0.185. The Morgan fingerprint density at radius 2 is 1.65 bits per heavy atom. The number of pyridine rings is 1. The topological polar surface area (TPSA) is 61.2 Å². The molecule has 0 amide bonds. The van der Waals surface area contributed by atoms with E-state index in [4.69, 9.17) is 4.74 Å². The third-order valence-corrected chi connectivity index (χ3v) is 6.04. The van der Waals surface area contributed by atoms with Crippen molar-refractivity contribution in [3.8, 4) is 11.6 Å². The summed E-state index contributed by atoms with van der Waals surface area (Å²) in [4.78, 5) is 8.80. The van der Waals surface area contributed by atoms with Gasteiger partial charge < -0.3 is 19.7 Å². The van der Waals surface area contributed by atoms with Gasteiger partial charge in [0.05, 0.1) is 5.56 Å². The molecule has 1 saturated heterocycles. The van der Waals surface area contributed by atoms with Crippen molar-refractivity contribution in [2.45, 2.75) is 6.92 Å². The summed E-state index contributed by atoms with van der Waals surface area (Å²) in [7, 11) is 0. The number of hydrogen-bond donors (Lipinski definition) is 1. The number of anilines is 1. The van der Waals surface area contributed by atoms with Crippen molar-refractivity contribution in [2.75, 3.05) is 31.1 Å². The van der Waals surface area contributed by atoms with E-state index in [1.165, 1.54) is 12.1 Å². The van der Waals surface area contributed by atoms with E-state index < -0.39 is 0 Å². The molecule has 0 aliphatic carbocycles. The fourth-order valence-corrected chi connectivity index (χ4v) is 4.24. The Kier molecular flexibility index (Phi) is 5.99. The highest BCUT2D eigenvalue weighted by Gasteiger charge is 2.25. The predicted molar refractivity (Wildman–Crippen MR) is 132 cm³/mol. The summed E-state index contributed by atoms with van der Waals surface area (Å²) in [5.74, 6) is 1.23. The zero-order valence-electron chi connectivity index (χ0n) is 18.9. The molecule has 5 rings (SSSR count). The van der Waals surface area contributed by atoms with Crippen molar-refractivity contribution in [1.29, 1.82) is 0 Å². The average Bonchev–Trinajstić information content (AvgIpc) is 2.86. The SMILES string of the molecule is Cc1ccc(/C(=N/O)N2CCN(c3ccc(F)cc3)CC2)c(Oc2ccc3ccccc3c2)n1. The minimum absolute atomic E-state index is 0.247. The predicted octanol–water partition coefficient (Wildman–Crippen LogP) is 5.43. The number of aromatic nitrogens is 1. The molecule has 0 unspecified atom stereocenters. The molecule has 0 spiro atoms. The van der Waals surface area contributed by atoms with Gasteiger partial charge in [-0.25, -0.2) is 9.37 Å². The van der Waals surface area contributed by atoms with Gasteiger partial charge in [0.2, 0.25) is 5.88 Å². The van der Waals surface area contributed by atoms with E-state index in [1.54, 1.807) is 12.1 Å². The lowest BCUT2D eigenvalue weighted by Crippen LogP contribution is -2.49. The van der Waals surface area contributed by atoms with Crippen LogP contribution in [0, 0.1) is 12.7 Å². The Hall–Kier alpha value is -4.13. The van der Waals surface area contributed by atoms with Crippen LogP contribution in [0.3, 0.4) is 0 Å². The van der Waals surface area contributed by atoms with Gasteiger partial charge in [-0.1, -0.05) is 35.5 Å². The highest BCUT2D eigenvalue weighted by atomic mass is 19.1. The molecule has 172 valence electrons. The van der Waals surface area contributed by atoms with Crippen molar-refractivity contribution in [2.24, 2.45) is 5.16 Å². The maximum atomic E-state index is 13.3. The van der Waals surface area contributed by atoms with Crippen molar-refractivity contribution in [1.82, 2.24) is 9.88 Å². The quantitative estimate of drug-likeness (QED) is 0.192. The van der Waals surface area contributed by atoms with E-state index >= 15 is 0 Å². The van der Waals surface area contributed by atoms with E-state index in [-0.39, 0.29) is 5.82 Å². The van der Waals surface area contributed by atoms with Crippen molar-refractivity contribution in [3.63, 3.8) is 0 Å². The fourth-order valence-electron chi connectivity index (χ4n) is 4.24. The number of rotatable bonds is 4. The summed E-state index contributed by atoms with van der Waals surface area (Å²) < 4.78 is 19.5. The van der Waals surface area contributed by atoms with Crippen LogP contribution in [0.25, 0.3) is 10.8 Å². The molecule has 3 aromatic carbocycles. The highest BCUT2D eigenvalue weighted by Crippen LogP contribution is 2.29. The third-order valence-electron chi connectivity index (χ3n) is 6.04. The normalized spacial score (nSPS) is 14.5. The van der Waals surface area contributed by atoms with Crippen LogP contribution < -0.4 is 9.64 Å². The smallest absolute Gasteiger partial charge is 0.230 e.